The van der Waals surface area contributed by atoms with Crippen molar-refractivity contribution in [2.45, 2.75) is 39.4 Å². The van der Waals surface area contributed by atoms with Crippen LogP contribution in [0.25, 0.3) is 0 Å². The molecule has 4 nitrogen and oxygen atoms in total. The van der Waals surface area contributed by atoms with Crippen molar-refractivity contribution in [1.29, 1.82) is 0 Å². The maximum atomic E-state index is 10.3. The van der Waals surface area contributed by atoms with E-state index in [9.17, 15) is 5.11 Å². The van der Waals surface area contributed by atoms with E-state index in [4.69, 9.17) is 9.47 Å². The van der Waals surface area contributed by atoms with E-state index in [1.165, 1.54) is 0 Å². The summed E-state index contributed by atoms with van der Waals surface area (Å²) in [7, 11) is 1.62. The van der Waals surface area contributed by atoms with E-state index >= 15 is 0 Å². The van der Waals surface area contributed by atoms with Gasteiger partial charge in [-0.05, 0) is 39.8 Å². The second kappa shape index (κ2) is 7.62. The zero-order chi connectivity index (χ0) is 15.2. The molecule has 1 rings (SSSR count). The first-order valence-corrected chi connectivity index (χ1v) is 7.07. The number of aryl methyl sites for hydroxylation is 1. The van der Waals surface area contributed by atoms with Crippen molar-refractivity contribution in [2.75, 3.05) is 26.8 Å². The Morgan fingerprint density at radius 1 is 1.35 bits per heavy atom. The third-order valence-electron chi connectivity index (χ3n) is 3.17. The molecule has 0 radical (unpaired) electrons. The van der Waals surface area contributed by atoms with Crippen molar-refractivity contribution < 1.29 is 14.6 Å². The number of rotatable bonds is 8. The SMILES string of the molecule is CCOC(C)(C)CNCC(O)c1cc(C)ccc1OC. The molecule has 1 aromatic rings. The lowest BCUT2D eigenvalue weighted by Crippen LogP contribution is -2.39. The molecule has 0 fully saturated rings. The molecule has 0 spiro atoms. The second-order valence-corrected chi connectivity index (χ2v) is 5.58. The first-order valence-electron chi connectivity index (χ1n) is 7.07. The summed E-state index contributed by atoms with van der Waals surface area (Å²) in [5.41, 5.74) is 1.69. The largest absolute Gasteiger partial charge is 0.496 e. The Labute approximate surface area is 122 Å². The Balaban J connectivity index is 2.59. The number of hydrogen-bond acceptors (Lipinski definition) is 4. The molecule has 0 amide bonds. The lowest BCUT2D eigenvalue weighted by Gasteiger charge is -2.26. The quantitative estimate of drug-likeness (QED) is 0.768. The molecule has 114 valence electrons. The minimum absolute atomic E-state index is 0.231. The number of benzene rings is 1. The standard InChI is InChI=1S/C16H27NO3/c1-6-20-16(3,4)11-17-10-14(18)13-9-12(2)7-8-15(13)19-5/h7-9,14,17-18H,6,10-11H2,1-5H3. The van der Waals surface area contributed by atoms with E-state index in [1.807, 2.05) is 45.9 Å². The van der Waals surface area contributed by atoms with Gasteiger partial charge in [0, 0.05) is 25.3 Å². The van der Waals surface area contributed by atoms with Gasteiger partial charge in [-0.3, -0.25) is 0 Å². The van der Waals surface area contributed by atoms with Crippen LogP contribution in [-0.2, 0) is 4.74 Å². The summed E-state index contributed by atoms with van der Waals surface area (Å²) >= 11 is 0. The van der Waals surface area contributed by atoms with Gasteiger partial charge in [-0.25, -0.2) is 0 Å². The molecule has 0 aromatic heterocycles. The molecular formula is C16H27NO3. The van der Waals surface area contributed by atoms with Crippen LogP contribution in [0.4, 0.5) is 0 Å². The second-order valence-electron chi connectivity index (χ2n) is 5.58. The van der Waals surface area contributed by atoms with Crippen molar-refractivity contribution in [3.05, 3.63) is 29.3 Å². The van der Waals surface area contributed by atoms with Crippen LogP contribution in [0.15, 0.2) is 18.2 Å². The molecule has 0 saturated carbocycles. The van der Waals surface area contributed by atoms with E-state index in [0.717, 1.165) is 11.1 Å². The molecule has 2 N–H and O–H groups in total. The van der Waals surface area contributed by atoms with E-state index in [1.54, 1.807) is 7.11 Å². The van der Waals surface area contributed by atoms with Crippen LogP contribution in [0.5, 0.6) is 5.75 Å². The van der Waals surface area contributed by atoms with Gasteiger partial charge >= 0.3 is 0 Å². The van der Waals surface area contributed by atoms with Gasteiger partial charge in [0.2, 0.25) is 0 Å². The Bertz CT molecular complexity index is 418. The van der Waals surface area contributed by atoms with Crippen molar-refractivity contribution in [3.8, 4) is 5.75 Å². The zero-order valence-corrected chi connectivity index (χ0v) is 13.2. The minimum atomic E-state index is -0.595. The molecule has 20 heavy (non-hydrogen) atoms. The molecule has 0 bridgehead atoms. The molecule has 0 saturated heterocycles. The number of hydrogen-bond donors (Lipinski definition) is 2. The fraction of sp³-hybridized carbons (Fsp3) is 0.625. The number of nitrogens with one attached hydrogen (secondary N) is 1. The lowest BCUT2D eigenvalue weighted by atomic mass is 10.0. The van der Waals surface area contributed by atoms with Gasteiger partial charge in [0.1, 0.15) is 5.75 Å². The minimum Gasteiger partial charge on any atom is -0.496 e. The Morgan fingerprint density at radius 2 is 2.05 bits per heavy atom. The van der Waals surface area contributed by atoms with Gasteiger partial charge in [0.25, 0.3) is 0 Å². The van der Waals surface area contributed by atoms with Crippen LogP contribution < -0.4 is 10.1 Å². The molecule has 0 aliphatic carbocycles. The summed E-state index contributed by atoms with van der Waals surface area (Å²) in [4.78, 5) is 0. The molecule has 0 heterocycles. The Kier molecular flexibility index (Phi) is 6.46. The molecule has 0 aliphatic heterocycles. The van der Waals surface area contributed by atoms with E-state index in [2.05, 4.69) is 5.32 Å². The fourth-order valence-corrected chi connectivity index (χ4v) is 2.18. The highest BCUT2D eigenvalue weighted by Gasteiger charge is 2.19. The molecule has 4 heteroatoms. The van der Waals surface area contributed by atoms with Crippen LogP contribution in [0.2, 0.25) is 0 Å². The zero-order valence-electron chi connectivity index (χ0n) is 13.2. The average molecular weight is 281 g/mol. The van der Waals surface area contributed by atoms with Gasteiger partial charge in [-0.15, -0.1) is 0 Å². The van der Waals surface area contributed by atoms with E-state index in [-0.39, 0.29) is 5.60 Å². The Morgan fingerprint density at radius 3 is 2.65 bits per heavy atom. The smallest absolute Gasteiger partial charge is 0.124 e. The summed E-state index contributed by atoms with van der Waals surface area (Å²) in [6.45, 7) is 9.88. The number of methoxy groups -OCH3 is 1. The van der Waals surface area contributed by atoms with Crippen LogP contribution in [0.3, 0.4) is 0 Å². The number of ether oxygens (including phenoxy) is 2. The van der Waals surface area contributed by atoms with Gasteiger partial charge in [-0.1, -0.05) is 11.6 Å². The van der Waals surface area contributed by atoms with Crippen molar-refractivity contribution in [2.24, 2.45) is 0 Å². The predicted octanol–water partition coefficient (Wildman–Crippen LogP) is 2.44. The first-order chi connectivity index (χ1) is 9.39. The normalized spacial score (nSPS) is 13.3. The van der Waals surface area contributed by atoms with Crippen LogP contribution in [0, 0.1) is 6.92 Å². The highest BCUT2D eigenvalue weighted by atomic mass is 16.5. The van der Waals surface area contributed by atoms with E-state index < -0.39 is 6.10 Å². The maximum absolute atomic E-state index is 10.3. The van der Waals surface area contributed by atoms with Crippen LogP contribution >= 0.6 is 0 Å². The molecule has 1 atom stereocenters. The van der Waals surface area contributed by atoms with Crippen LogP contribution in [0.1, 0.15) is 38.0 Å². The molecular weight excluding hydrogens is 254 g/mol. The molecule has 1 unspecified atom stereocenters. The van der Waals surface area contributed by atoms with Crippen LogP contribution in [-0.4, -0.2) is 37.5 Å². The summed E-state index contributed by atoms with van der Waals surface area (Å²) in [6, 6.07) is 5.82. The third kappa shape index (κ3) is 5.12. The molecule has 1 aromatic carbocycles. The summed E-state index contributed by atoms with van der Waals surface area (Å²) in [5, 5.41) is 13.5. The van der Waals surface area contributed by atoms with Gasteiger partial charge in [0.05, 0.1) is 18.8 Å². The van der Waals surface area contributed by atoms with Gasteiger partial charge < -0.3 is 19.9 Å². The first kappa shape index (κ1) is 17.0. The molecule has 0 aliphatic rings. The fourth-order valence-electron chi connectivity index (χ4n) is 2.18. The van der Waals surface area contributed by atoms with Crippen molar-refractivity contribution >= 4 is 0 Å². The maximum Gasteiger partial charge on any atom is 0.124 e. The van der Waals surface area contributed by atoms with Gasteiger partial charge in [-0.2, -0.15) is 0 Å². The Hall–Kier alpha value is -1.10. The number of aliphatic hydroxyl groups excluding tert-OH is 1. The third-order valence-corrected chi connectivity index (χ3v) is 3.17. The van der Waals surface area contributed by atoms with Crippen molar-refractivity contribution in [1.82, 2.24) is 5.32 Å². The highest BCUT2D eigenvalue weighted by molar-refractivity contribution is 5.38. The summed E-state index contributed by atoms with van der Waals surface area (Å²) in [6.07, 6.45) is -0.595. The monoisotopic (exact) mass is 281 g/mol. The highest BCUT2D eigenvalue weighted by Crippen LogP contribution is 2.25. The summed E-state index contributed by atoms with van der Waals surface area (Å²) < 4.78 is 10.9. The van der Waals surface area contributed by atoms with E-state index in [0.29, 0.717) is 25.4 Å². The van der Waals surface area contributed by atoms with Crippen molar-refractivity contribution in [3.63, 3.8) is 0 Å². The number of aliphatic hydroxyl groups is 1. The predicted molar refractivity (Wildman–Crippen MR) is 81.3 cm³/mol. The summed E-state index contributed by atoms with van der Waals surface area (Å²) in [5.74, 6) is 0.717. The average Bonchev–Trinajstić information content (AvgIpc) is 2.38. The topological polar surface area (TPSA) is 50.7 Å². The van der Waals surface area contributed by atoms with Gasteiger partial charge in [0.15, 0.2) is 0 Å². The lowest BCUT2D eigenvalue weighted by molar-refractivity contribution is -0.0105.